The number of benzene rings is 20. The highest BCUT2D eigenvalue weighted by atomic mass is 79.9. The first-order chi connectivity index (χ1) is 65.6. The van der Waals surface area contributed by atoms with Crippen molar-refractivity contribution in [1.82, 2.24) is 0 Å². The summed E-state index contributed by atoms with van der Waals surface area (Å²) >= 11 is 19.1. The molecule has 0 bridgehead atoms. The van der Waals surface area contributed by atoms with Crippen LogP contribution in [0.4, 0.5) is 102 Å². The van der Waals surface area contributed by atoms with Crippen LogP contribution in [0.25, 0.3) is 91.8 Å². The second-order valence-corrected chi connectivity index (χ2v) is 39.5. The molecule has 0 aliphatic rings. The Morgan fingerprint density at radius 3 is 0.596 bits per heavy atom. The molecule has 0 fully saturated rings. The van der Waals surface area contributed by atoms with Crippen LogP contribution in [0.5, 0.6) is 0 Å². The van der Waals surface area contributed by atoms with Gasteiger partial charge in [-0.15, -0.1) is 45.3 Å². The summed E-state index contributed by atoms with van der Waals surface area (Å²) in [6.45, 7) is 0. The summed E-state index contributed by atoms with van der Waals surface area (Å²) in [5.74, 6) is 0. The fraction of sp³-hybridized carbons (Fsp3) is 0.0244. The molecule has 4 heterocycles. The van der Waals surface area contributed by atoms with Crippen molar-refractivity contribution >= 4 is 276 Å². The normalized spacial score (nSPS) is 11.0. The van der Waals surface area contributed by atoms with Gasteiger partial charge in [0, 0.05) is 196 Å². The Hall–Kier alpha value is -14.5. The van der Waals surface area contributed by atoms with Crippen LogP contribution in [0.15, 0.2) is 505 Å². The van der Waals surface area contributed by atoms with E-state index in [2.05, 4.69) is 569 Å². The minimum Gasteiger partial charge on any atom is -0.310 e. The molecular weight excluding hydrogens is 1930 g/mol. The van der Waals surface area contributed by atoms with Crippen LogP contribution in [0.1, 0.15) is 22.3 Å². The van der Waals surface area contributed by atoms with E-state index in [0.717, 1.165) is 116 Å². The van der Waals surface area contributed by atoms with Crippen LogP contribution >= 0.6 is 93.1 Å². The molecule has 13 heteroatoms. The van der Waals surface area contributed by atoms with Gasteiger partial charge in [0.15, 0.2) is 0 Å². The van der Waals surface area contributed by atoms with Crippen LogP contribution in [-0.2, 0) is 0 Å². The van der Waals surface area contributed by atoms with E-state index in [0.29, 0.717) is 0 Å². The molecule has 0 N–H and O–H groups in total. The van der Waals surface area contributed by atoms with Gasteiger partial charge in [0.25, 0.3) is 0 Å². The quantitative estimate of drug-likeness (QED) is 0.0798. The molecule has 136 heavy (non-hydrogen) atoms. The summed E-state index contributed by atoms with van der Waals surface area (Å²) in [7, 11) is 0. The second-order valence-electron chi connectivity index (χ2n) is 32.4. The lowest BCUT2D eigenvalue weighted by atomic mass is 10.0. The van der Waals surface area contributed by atoms with Crippen molar-refractivity contribution in [3.63, 3.8) is 0 Å². The van der Waals surface area contributed by atoms with Crippen molar-refractivity contribution in [2.45, 2.75) is 22.3 Å². The van der Waals surface area contributed by atoms with Gasteiger partial charge in [-0.3, -0.25) is 0 Å². The first-order valence-corrected chi connectivity index (χ1v) is 49.7. The number of fused-ring (bicyclic) bond motifs is 12. The number of nitrogens with zero attached hydrogens (tertiary/aromatic N) is 6. The molecular formula is C123H93Br3N6S4. The van der Waals surface area contributed by atoms with Crippen LogP contribution < -0.4 is 29.4 Å². The van der Waals surface area contributed by atoms with Crippen LogP contribution in [0.2, 0.25) is 0 Å². The van der Waals surface area contributed by atoms with E-state index >= 15 is 0 Å². The van der Waals surface area contributed by atoms with Crippen molar-refractivity contribution in [1.29, 1.82) is 0 Å². The van der Waals surface area contributed by atoms with E-state index in [9.17, 15) is 0 Å². The third-order valence-corrected chi connectivity index (χ3v) is 29.9. The SMILES string of the molecule is Brc1cc(N(c2ccccc2)c2ccc(-c3ccccc3)cc2)cc(N(c2ccccc2)c2ccc3c(c2)sc2ccccc23)c1.Brc1cc(N(c2ccccc2)c2ccccc2)cc(N(c2ccc3sc4ccccc4c3c2)c2ccc3sc4ccccc4c3c2)c1.Brc1cc(N(c2ccccc2)c2ccccc2)cc(N(c2ccccc2)c2ccc3sc4ccccc4c3c2)c1.C.C.C. The lowest BCUT2D eigenvalue weighted by molar-refractivity contribution is 1.25. The number of hydrogen-bond donors (Lipinski definition) is 0. The molecule has 20 aromatic carbocycles. The van der Waals surface area contributed by atoms with Crippen LogP contribution in [0, 0.1) is 0 Å². The van der Waals surface area contributed by atoms with Gasteiger partial charge in [-0.2, -0.15) is 0 Å². The average Bonchev–Trinajstić information content (AvgIpc) is 1.55. The van der Waals surface area contributed by atoms with Crippen molar-refractivity contribution < 1.29 is 0 Å². The Labute approximate surface area is 836 Å². The van der Waals surface area contributed by atoms with Crippen molar-refractivity contribution in [2.24, 2.45) is 0 Å². The van der Waals surface area contributed by atoms with Crippen molar-refractivity contribution in [3.05, 3.63) is 505 Å². The summed E-state index contributed by atoms with van der Waals surface area (Å²) in [6, 6.07) is 176. The lowest BCUT2D eigenvalue weighted by Gasteiger charge is -2.30. The summed E-state index contributed by atoms with van der Waals surface area (Å²) < 4.78 is 13.4. The van der Waals surface area contributed by atoms with Gasteiger partial charge in [0.2, 0.25) is 0 Å². The second kappa shape index (κ2) is 40.8. The fourth-order valence-corrected chi connectivity index (χ4v) is 23.8. The van der Waals surface area contributed by atoms with E-state index in [1.54, 1.807) is 0 Å². The van der Waals surface area contributed by atoms with Gasteiger partial charge < -0.3 is 29.4 Å². The topological polar surface area (TPSA) is 19.4 Å². The monoisotopic (exact) mass is 2020 g/mol. The highest BCUT2D eigenvalue weighted by Crippen LogP contribution is 2.51. The average molecular weight is 2020 g/mol. The van der Waals surface area contributed by atoms with E-state index in [4.69, 9.17) is 0 Å². The maximum absolute atomic E-state index is 3.92. The molecule has 0 amide bonds. The molecule has 6 nitrogen and oxygen atoms in total. The molecule has 0 saturated heterocycles. The van der Waals surface area contributed by atoms with Crippen molar-refractivity contribution in [3.8, 4) is 11.1 Å². The molecule has 0 aliphatic carbocycles. The third kappa shape index (κ3) is 18.7. The van der Waals surface area contributed by atoms with Gasteiger partial charge in [-0.1, -0.05) is 319 Å². The highest BCUT2D eigenvalue weighted by molar-refractivity contribution is 9.11. The van der Waals surface area contributed by atoms with Gasteiger partial charge in [-0.05, 0) is 254 Å². The molecule has 0 aliphatic heterocycles. The Morgan fingerprint density at radius 2 is 0.309 bits per heavy atom. The third-order valence-electron chi connectivity index (χ3n) is 24.0. The number of thiophene rings is 4. The Balaban J connectivity index is 0.000000130. The predicted molar refractivity (Wildman–Crippen MR) is 608 cm³/mol. The van der Waals surface area contributed by atoms with Gasteiger partial charge >= 0.3 is 0 Å². The Kier molecular flexibility index (Phi) is 27.2. The molecule has 0 unspecified atom stereocenters. The fourth-order valence-electron chi connectivity index (χ4n) is 18.0. The zero-order valence-corrected chi connectivity index (χ0v) is 79.7. The molecule has 660 valence electrons. The van der Waals surface area contributed by atoms with Crippen LogP contribution in [0.3, 0.4) is 0 Å². The van der Waals surface area contributed by atoms with Gasteiger partial charge in [-0.25, -0.2) is 0 Å². The first-order valence-electron chi connectivity index (χ1n) is 44.0. The summed E-state index contributed by atoms with van der Waals surface area (Å²) in [6.07, 6.45) is 0. The summed E-state index contributed by atoms with van der Waals surface area (Å²) in [4.78, 5) is 14.0. The van der Waals surface area contributed by atoms with Gasteiger partial charge in [0.05, 0.1) is 0 Å². The molecule has 0 atom stereocenters. The number of hydrogen-bond acceptors (Lipinski definition) is 10. The molecule has 24 rings (SSSR count). The summed E-state index contributed by atoms with van der Waals surface area (Å²) in [5, 5.41) is 10.3. The number of halogens is 3. The Bertz CT molecular complexity index is 8080. The maximum Gasteiger partial charge on any atom is 0.0493 e. The number of anilines is 18. The molecule has 0 saturated carbocycles. The van der Waals surface area contributed by atoms with E-state index in [1.165, 1.54) is 91.8 Å². The maximum atomic E-state index is 3.92. The van der Waals surface area contributed by atoms with E-state index in [-0.39, 0.29) is 22.3 Å². The molecule has 0 radical (unpaired) electrons. The predicted octanol–water partition coefficient (Wildman–Crippen LogP) is 41.2. The zero-order valence-electron chi connectivity index (χ0n) is 71.7. The summed E-state index contributed by atoms with van der Waals surface area (Å²) in [5.41, 5.74) is 22.1. The molecule has 24 aromatic rings. The lowest BCUT2D eigenvalue weighted by Crippen LogP contribution is -2.13. The van der Waals surface area contributed by atoms with Gasteiger partial charge in [0.1, 0.15) is 0 Å². The smallest absolute Gasteiger partial charge is 0.0493 e. The van der Waals surface area contributed by atoms with E-state index in [1.807, 2.05) is 45.3 Å². The minimum atomic E-state index is 0. The van der Waals surface area contributed by atoms with Crippen LogP contribution in [-0.4, -0.2) is 0 Å². The van der Waals surface area contributed by atoms with Crippen molar-refractivity contribution in [2.75, 3.05) is 29.4 Å². The molecule has 0 spiro atoms. The highest BCUT2D eigenvalue weighted by Gasteiger charge is 2.26. The molecule has 4 aromatic heterocycles. The standard InChI is InChI=1S/C42H27BrN2S2.C42H29BrN2S.C36H25BrN2S.3CH4/c43-28-23-33(44(29-11-3-1-4-12-29)30-13-5-2-6-14-30)25-34(24-28)45(31-19-21-41-37(26-31)35-15-7-9-17-39(35)46-41)32-20-22-42-38(27-32)36-16-8-10-18-40(36)47-42;43-32-26-37(44(33-14-6-2-7-15-33)35-22-20-31(21-23-35)30-12-4-1-5-13-30)28-38(27-32)45(34-16-8-3-9-17-34)36-24-25-40-39-18-10-11-19-41(39)46-42(40)29-36;37-26-22-31(38(27-12-4-1-5-13-27)28-14-6-2-7-15-28)24-32(23-26)39(29-16-8-3-9-17-29)30-20-21-36-34(25-30)33-18-10-11-19-35(33)40-36;;;/h1-27H;1-29H;1-25H;3*1H4. The number of rotatable bonds is 19. The van der Waals surface area contributed by atoms with E-state index < -0.39 is 0 Å². The Morgan fingerprint density at radius 1 is 0.125 bits per heavy atom. The number of para-hydroxylation sites is 7. The zero-order chi connectivity index (χ0) is 89.1. The largest absolute Gasteiger partial charge is 0.310 e. The first kappa shape index (κ1) is 90.7. The minimum absolute atomic E-state index is 0.